The van der Waals surface area contributed by atoms with Crippen LogP contribution in [0.1, 0.15) is 69.6 Å². The molecule has 104 valence electrons. The van der Waals surface area contributed by atoms with Gasteiger partial charge >= 0.3 is 0 Å². The number of nitrogens with one attached hydrogen (secondary N) is 1. The first-order valence-electron chi connectivity index (χ1n) is 7.44. The van der Waals surface area contributed by atoms with Crippen LogP contribution in [0.4, 0.5) is 0 Å². The van der Waals surface area contributed by atoms with Crippen LogP contribution in [0.2, 0.25) is 0 Å². The number of aryl methyl sites for hydroxylation is 2. The smallest absolute Gasteiger partial charge is 0.121 e. The van der Waals surface area contributed by atoms with E-state index in [-0.39, 0.29) is 0 Å². The van der Waals surface area contributed by atoms with Gasteiger partial charge in [-0.25, -0.2) is 0 Å². The van der Waals surface area contributed by atoms with Crippen LogP contribution in [0, 0.1) is 19.8 Å². The first kappa shape index (κ1) is 15.3. The fourth-order valence-corrected chi connectivity index (χ4v) is 2.55. The van der Waals surface area contributed by atoms with Crippen LogP contribution in [-0.2, 0) is 0 Å². The van der Waals surface area contributed by atoms with Gasteiger partial charge in [-0.15, -0.1) is 0 Å². The molecule has 0 fully saturated rings. The molecule has 2 atom stereocenters. The van der Waals surface area contributed by atoms with Crippen molar-refractivity contribution in [2.24, 2.45) is 5.92 Å². The summed E-state index contributed by atoms with van der Waals surface area (Å²) in [4.78, 5) is 0. The minimum atomic E-state index is 0.374. The van der Waals surface area contributed by atoms with Crippen molar-refractivity contribution in [1.82, 2.24) is 5.32 Å². The lowest BCUT2D eigenvalue weighted by Crippen LogP contribution is -2.27. The summed E-state index contributed by atoms with van der Waals surface area (Å²) in [5.41, 5.74) is 1.26. The minimum Gasteiger partial charge on any atom is -0.464 e. The fraction of sp³-hybridized carbons (Fsp3) is 0.750. The molecule has 2 heteroatoms. The van der Waals surface area contributed by atoms with Crippen molar-refractivity contribution in [3.63, 3.8) is 0 Å². The van der Waals surface area contributed by atoms with Crippen LogP contribution in [0.3, 0.4) is 0 Å². The van der Waals surface area contributed by atoms with Crippen molar-refractivity contribution in [2.75, 3.05) is 6.54 Å². The predicted octanol–water partition coefficient (Wildman–Crippen LogP) is 4.76. The van der Waals surface area contributed by atoms with Crippen molar-refractivity contribution in [3.8, 4) is 0 Å². The molecule has 18 heavy (non-hydrogen) atoms. The normalized spacial score (nSPS) is 14.7. The average molecular weight is 251 g/mol. The Morgan fingerprint density at radius 3 is 2.39 bits per heavy atom. The zero-order chi connectivity index (χ0) is 13.5. The van der Waals surface area contributed by atoms with Gasteiger partial charge in [-0.2, -0.15) is 0 Å². The maximum atomic E-state index is 5.93. The topological polar surface area (TPSA) is 25.2 Å². The standard InChI is InChI=1S/C16H29NO/c1-6-9-10-14(7-2)16(17-8-3)15-11-12(4)13(5)18-15/h11,14,16-17H,6-10H2,1-5H3. The van der Waals surface area contributed by atoms with E-state index in [1.165, 1.54) is 31.2 Å². The van der Waals surface area contributed by atoms with E-state index in [0.717, 1.165) is 18.1 Å². The number of unbranched alkanes of at least 4 members (excludes halogenated alkanes) is 1. The van der Waals surface area contributed by atoms with E-state index in [2.05, 4.69) is 46.0 Å². The molecular formula is C16H29NO. The highest BCUT2D eigenvalue weighted by atomic mass is 16.3. The Morgan fingerprint density at radius 2 is 1.94 bits per heavy atom. The summed E-state index contributed by atoms with van der Waals surface area (Å²) >= 11 is 0. The van der Waals surface area contributed by atoms with E-state index in [9.17, 15) is 0 Å². The second-order valence-electron chi connectivity index (χ2n) is 5.23. The fourth-order valence-electron chi connectivity index (χ4n) is 2.55. The first-order valence-corrected chi connectivity index (χ1v) is 7.44. The third-order valence-electron chi connectivity index (χ3n) is 3.84. The van der Waals surface area contributed by atoms with Crippen LogP contribution in [-0.4, -0.2) is 6.54 Å². The highest BCUT2D eigenvalue weighted by Gasteiger charge is 2.23. The van der Waals surface area contributed by atoms with Crippen molar-refractivity contribution in [3.05, 3.63) is 23.2 Å². The molecular weight excluding hydrogens is 222 g/mol. The summed E-state index contributed by atoms with van der Waals surface area (Å²) in [6.45, 7) is 11.9. The largest absolute Gasteiger partial charge is 0.464 e. The Labute approximate surface area is 112 Å². The van der Waals surface area contributed by atoms with Gasteiger partial charge in [-0.1, -0.05) is 40.0 Å². The minimum absolute atomic E-state index is 0.374. The lowest BCUT2D eigenvalue weighted by molar-refractivity contribution is 0.282. The number of furan rings is 1. The quantitative estimate of drug-likeness (QED) is 0.720. The highest BCUT2D eigenvalue weighted by molar-refractivity contribution is 5.21. The third kappa shape index (κ3) is 3.88. The number of hydrogen-bond donors (Lipinski definition) is 1. The first-order chi connectivity index (χ1) is 8.63. The molecule has 2 unspecified atom stereocenters. The molecule has 1 aromatic heterocycles. The third-order valence-corrected chi connectivity index (χ3v) is 3.84. The van der Waals surface area contributed by atoms with Gasteiger partial charge in [0.05, 0.1) is 6.04 Å². The van der Waals surface area contributed by atoms with Crippen molar-refractivity contribution in [2.45, 2.75) is 66.3 Å². The zero-order valence-electron chi connectivity index (χ0n) is 12.7. The van der Waals surface area contributed by atoms with E-state index in [0.29, 0.717) is 12.0 Å². The monoisotopic (exact) mass is 251 g/mol. The molecule has 0 aliphatic carbocycles. The number of rotatable bonds is 8. The van der Waals surface area contributed by atoms with Gasteiger partial charge in [0.1, 0.15) is 11.5 Å². The Hall–Kier alpha value is -0.760. The summed E-state index contributed by atoms with van der Waals surface area (Å²) in [7, 11) is 0. The van der Waals surface area contributed by atoms with Gasteiger partial charge < -0.3 is 9.73 Å². The van der Waals surface area contributed by atoms with E-state index in [1.54, 1.807) is 0 Å². The molecule has 0 saturated carbocycles. The van der Waals surface area contributed by atoms with Crippen LogP contribution < -0.4 is 5.32 Å². The van der Waals surface area contributed by atoms with Crippen molar-refractivity contribution in [1.29, 1.82) is 0 Å². The summed E-state index contributed by atoms with van der Waals surface area (Å²) in [5, 5.41) is 3.61. The van der Waals surface area contributed by atoms with Gasteiger partial charge in [0.15, 0.2) is 0 Å². The summed E-state index contributed by atoms with van der Waals surface area (Å²) in [5.74, 6) is 2.85. The molecule has 0 saturated heterocycles. The summed E-state index contributed by atoms with van der Waals surface area (Å²) < 4.78 is 5.93. The van der Waals surface area contributed by atoms with E-state index in [1.807, 2.05) is 0 Å². The molecule has 0 amide bonds. The second-order valence-corrected chi connectivity index (χ2v) is 5.23. The average Bonchev–Trinajstić information content (AvgIpc) is 2.69. The lowest BCUT2D eigenvalue weighted by Gasteiger charge is -2.25. The Balaban J connectivity index is 2.85. The van der Waals surface area contributed by atoms with Crippen molar-refractivity contribution < 1.29 is 4.42 Å². The molecule has 0 spiro atoms. The maximum Gasteiger partial charge on any atom is 0.121 e. The molecule has 1 rings (SSSR count). The maximum absolute atomic E-state index is 5.93. The van der Waals surface area contributed by atoms with Gasteiger partial charge in [0.2, 0.25) is 0 Å². The van der Waals surface area contributed by atoms with E-state index >= 15 is 0 Å². The highest BCUT2D eigenvalue weighted by Crippen LogP contribution is 2.31. The molecule has 2 nitrogen and oxygen atoms in total. The molecule has 0 aliphatic rings. The Morgan fingerprint density at radius 1 is 1.22 bits per heavy atom. The lowest BCUT2D eigenvalue weighted by atomic mass is 9.89. The van der Waals surface area contributed by atoms with Crippen LogP contribution in [0.5, 0.6) is 0 Å². The second kappa shape index (κ2) is 7.63. The molecule has 1 heterocycles. The number of hydrogen-bond acceptors (Lipinski definition) is 2. The summed E-state index contributed by atoms with van der Waals surface area (Å²) in [6.07, 6.45) is 5.06. The molecule has 0 aliphatic heterocycles. The molecule has 0 radical (unpaired) electrons. The van der Waals surface area contributed by atoms with Crippen LogP contribution in [0.25, 0.3) is 0 Å². The molecule has 1 aromatic rings. The molecule has 0 bridgehead atoms. The van der Waals surface area contributed by atoms with Gasteiger partial charge in [-0.05, 0) is 44.4 Å². The Kier molecular flexibility index (Phi) is 6.48. The predicted molar refractivity (Wildman–Crippen MR) is 77.9 cm³/mol. The van der Waals surface area contributed by atoms with Gasteiger partial charge in [0.25, 0.3) is 0 Å². The van der Waals surface area contributed by atoms with Gasteiger partial charge in [-0.3, -0.25) is 0 Å². The van der Waals surface area contributed by atoms with Crippen LogP contribution in [0.15, 0.2) is 10.5 Å². The zero-order valence-corrected chi connectivity index (χ0v) is 12.7. The summed E-state index contributed by atoms with van der Waals surface area (Å²) in [6, 6.07) is 2.58. The Bertz CT molecular complexity index is 323. The van der Waals surface area contributed by atoms with E-state index < -0.39 is 0 Å². The molecule has 1 N–H and O–H groups in total. The SMILES string of the molecule is CCCCC(CC)C(NCC)c1cc(C)c(C)o1. The van der Waals surface area contributed by atoms with Crippen LogP contribution >= 0.6 is 0 Å². The van der Waals surface area contributed by atoms with E-state index in [4.69, 9.17) is 4.42 Å². The van der Waals surface area contributed by atoms with Gasteiger partial charge in [0, 0.05) is 0 Å². The van der Waals surface area contributed by atoms with Crippen molar-refractivity contribution >= 4 is 0 Å². The molecule has 0 aromatic carbocycles.